The maximum absolute atomic E-state index is 12.9. The quantitative estimate of drug-likeness (QED) is 0.497. The Kier molecular flexibility index (Phi) is 5.19. The van der Waals surface area contributed by atoms with Crippen molar-refractivity contribution in [2.24, 2.45) is 4.99 Å². The Morgan fingerprint density at radius 1 is 1.35 bits per heavy atom. The summed E-state index contributed by atoms with van der Waals surface area (Å²) in [6, 6.07) is 5.55. The third-order valence-electron chi connectivity index (χ3n) is 3.90. The fourth-order valence-electron chi connectivity index (χ4n) is 2.42. The molecule has 1 aliphatic rings. The van der Waals surface area contributed by atoms with Gasteiger partial charge < -0.3 is 10.6 Å². The number of guanidine groups is 1. The first-order chi connectivity index (χ1) is 10.9. The first kappa shape index (κ1) is 17.2. The van der Waals surface area contributed by atoms with Crippen LogP contribution in [0.5, 0.6) is 0 Å². The predicted octanol–water partition coefficient (Wildman–Crippen LogP) is 2.93. The van der Waals surface area contributed by atoms with Crippen molar-refractivity contribution in [1.29, 1.82) is 0 Å². The average molecular weight is 323 g/mol. The van der Waals surface area contributed by atoms with E-state index < -0.39 is 11.7 Å². The Bertz CT molecular complexity index is 610. The third-order valence-corrected chi connectivity index (χ3v) is 3.90. The highest BCUT2D eigenvalue weighted by atomic mass is 19.4. The number of hydrogen-bond acceptors (Lipinski definition) is 1. The molecule has 0 radical (unpaired) electrons. The minimum atomic E-state index is -4.32. The molecule has 0 aromatic heterocycles. The molecule has 3 nitrogen and oxygen atoms in total. The van der Waals surface area contributed by atoms with Crippen molar-refractivity contribution in [3.8, 4) is 12.3 Å². The zero-order chi connectivity index (χ0) is 16.9. The Balaban J connectivity index is 2.15. The SMILES string of the molecule is C#CCNC(=NCC1(c2cccc(C(F)(F)F)c2)CC1)NCC. The summed E-state index contributed by atoms with van der Waals surface area (Å²) >= 11 is 0. The van der Waals surface area contributed by atoms with Crippen molar-refractivity contribution in [3.63, 3.8) is 0 Å². The predicted molar refractivity (Wildman–Crippen MR) is 85.2 cm³/mol. The van der Waals surface area contributed by atoms with Gasteiger partial charge in [0.25, 0.3) is 0 Å². The number of alkyl halides is 3. The van der Waals surface area contributed by atoms with Crippen LogP contribution in [-0.4, -0.2) is 25.6 Å². The second-order valence-electron chi connectivity index (χ2n) is 5.61. The number of nitrogens with one attached hydrogen (secondary N) is 2. The van der Waals surface area contributed by atoms with Crippen LogP contribution in [0.3, 0.4) is 0 Å². The molecule has 0 heterocycles. The summed E-state index contributed by atoms with van der Waals surface area (Å²) in [6.07, 6.45) is 2.57. The lowest BCUT2D eigenvalue weighted by molar-refractivity contribution is -0.137. The van der Waals surface area contributed by atoms with Crippen LogP contribution in [-0.2, 0) is 11.6 Å². The minimum Gasteiger partial charge on any atom is -0.357 e. The molecule has 1 aromatic rings. The van der Waals surface area contributed by atoms with Gasteiger partial charge in [-0.1, -0.05) is 24.1 Å². The highest BCUT2D eigenvalue weighted by Gasteiger charge is 2.45. The van der Waals surface area contributed by atoms with Gasteiger partial charge in [0.2, 0.25) is 0 Å². The van der Waals surface area contributed by atoms with Gasteiger partial charge in [0.1, 0.15) is 0 Å². The summed E-state index contributed by atoms with van der Waals surface area (Å²) in [6.45, 7) is 3.41. The van der Waals surface area contributed by atoms with E-state index in [1.165, 1.54) is 12.1 Å². The lowest BCUT2D eigenvalue weighted by Crippen LogP contribution is -2.38. The lowest BCUT2D eigenvalue weighted by Gasteiger charge is -2.17. The first-order valence-corrected chi connectivity index (χ1v) is 7.55. The summed E-state index contributed by atoms with van der Waals surface area (Å²) in [5, 5.41) is 6.05. The van der Waals surface area contributed by atoms with Crippen LogP contribution in [0.4, 0.5) is 13.2 Å². The fourth-order valence-corrected chi connectivity index (χ4v) is 2.42. The maximum Gasteiger partial charge on any atom is 0.416 e. The molecule has 1 saturated carbocycles. The Labute approximate surface area is 134 Å². The van der Waals surface area contributed by atoms with E-state index in [0.717, 1.165) is 18.9 Å². The highest BCUT2D eigenvalue weighted by Crippen LogP contribution is 2.49. The monoisotopic (exact) mass is 323 g/mol. The van der Waals surface area contributed by atoms with E-state index in [0.29, 0.717) is 31.2 Å². The molecule has 124 valence electrons. The number of nitrogens with zero attached hydrogens (tertiary/aromatic N) is 1. The van der Waals surface area contributed by atoms with Crippen LogP contribution in [0.1, 0.15) is 30.9 Å². The summed E-state index contributed by atoms with van der Waals surface area (Å²) < 4.78 is 38.6. The molecule has 2 N–H and O–H groups in total. The molecule has 0 amide bonds. The van der Waals surface area contributed by atoms with Gasteiger partial charge in [0.15, 0.2) is 5.96 Å². The van der Waals surface area contributed by atoms with Crippen LogP contribution < -0.4 is 10.6 Å². The van der Waals surface area contributed by atoms with Gasteiger partial charge in [0.05, 0.1) is 18.7 Å². The van der Waals surface area contributed by atoms with E-state index >= 15 is 0 Å². The van der Waals surface area contributed by atoms with Crippen molar-refractivity contribution < 1.29 is 13.2 Å². The molecule has 23 heavy (non-hydrogen) atoms. The van der Waals surface area contributed by atoms with E-state index in [4.69, 9.17) is 6.42 Å². The van der Waals surface area contributed by atoms with Gasteiger partial charge in [-0.2, -0.15) is 13.2 Å². The molecular formula is C17H20F3N3. The fraction of sp³-hybridized carbons (Fsp3) is 0.471. The molecule has 2 rings (SSSR count). The summed E-state index contributed by atoms with van der Waals surface area (Å²) in [5.74, 6) is 3.05. The summed E-state index contributed by atoms with van der Waals surface area (Å²) in [5.41, 5.74) is -0.203. The van der Waals surface area contributed by atoms with Crippen LogP contribution in [0.15, 0.2) is 29.3 Å². The molecule has 0 saturated heterocycles. The maximum atomic E-state index is 12.9. The van der Waals surface area contributed by atoms with E-state index in [1.807, 2.05) is 6.92 Å². The molecule has 1 fully saturated rings. The molecule has 1 aromatic carbocycles. The standard InChI is InChI=1S/C17H20F3N3/c1-3-10-22-15(21-4-2)23-12-16(8-9-16)13-6-5-7-14(11-13)17(18,19)20/h1,5-7,11H,4,8-10,12H2,2H3,(H2,21,22,23). The molecular weight excluding hydrogens is 303 g/mol. The summed E-state index contributed by atoms with van der Waals surface area (Å²) in [4.78, 5) is 4.47. The van der Waals surface area contributed by atoms with Gasteiger partial charge in [0, 0.05) is 12.0 Å². The highest BCUT2D eigenvalue weighted by molar-refractivity contribution is 5.80. The van der Waals surface area contributed by atoms with Crippen molar-refractivity contribution >= 4 is 5.96 Å². The van der Waals surface area contributed by atoms with Gasteiger partial charge in [-0.3, -0.25) is 4.99 Å². The zero-order valence-corrected chi connectivity index (χ0v) is 13.0. The lowest BCUT2D eigenvalue weighted by atomic mass is 9.94. The number of aliphatic imine (C=N–C) groups is 1. The molecule has 0 aliphatic heterocycles. The normalized spacial score (nSPS) is 16.6. The topological polar surface area (TPSA) is 36.4 Å². The van der Waals surface area contributed by atoms with Crippen LogP contribution >= 0.6 is 0 Å². The van der Waals surface area contributed by atoms with Crippen molar-refractivity contribution in [2.45, 2.75) is 31.4 Å². The van der Waals surface area contributed by atoms with Crippen molar-refractivity contribution in [1.82, 2.24) is 10.6 Å². The second-order valence-corrected chi connectivity index (χ2v) is 5.61. The largest absolute Gasteiger partial charge is 0.416 e. The van der Waals surface area contributed by atoms with E-state index in [9.17, 15) is 13.2 Å². The van der Waals surface area contributed by atoms with E-state index in [-0.39, 0.29) is 5.41 Å². The Hall–Kier alpha value is -2.16. The van der Waals surface area contributed by atoms with Crippen molar-refractivity contribution in [2.75, 3.05) is 19.6 Å². The Morgan fingerprint density at radius 2 is 2.09 bits per heavy atom. The second kappa shape index (κ2) is 6.95. The summed E-state index contributed by atoms with van der Waals surface area (Å²) in [7, 11) is 0. The van der Waals surface area contributed by atoms with E-state index in [2.05, 4.69) is 21.5 Å². The minimum absolute atomic E-state index is 0.292. The van der Waals surface area contributed by atoms with Gasteiger partial charge in [-0.05, 0) is 31.4 Å². The van der Waals surface area contributed by atoms with Gasteiger partial charge in [-0.15, -0.1) is 6.42 Å². The Morgan fingerprint density at radius 3 is 2.65 bits per heavy atom. The van der Waals surface area contributed by atoms with Crippen LogP contribution in [0.25, 0.3) is 0 Å². The molecule has 6 heteroatoms. The van der Waals surface area contributed by atoms with Crippen LogP contribution in [0.2, 0.25) is 0 Å². The number of benzene rings is 1. The molecule has 1 aliphatic carbocycles. The number of hydrogen-bond donors (Lipinski definition) is 2. The average Bonchev–Trinajstić information content (AvgIpc) is 3.31. The number of rotatable bonds is 5. The zero-order valence-electron chi connectivity index (χ0n) is 13.0. The molecule has 0 spiro atoms. The molecule has 0 bridgehead atoms. The van der Waals surface area contributed by atoms with Crippen LogP contribution in [0, 0.1) is 12.3 Å². The van der Waals surface area contributed by atoms with E-state index in [1.54, 1.807) is 6.07 Å². The smallest absolute Gasteiger partial charge is 0.357 e. The van der Waals surface area contributed by atoms with Gasteiger partial charge in [-0.25, -0.2) is 0 Å². The number of terminal acetylenes is 1. The van der Waals surface area contributed by atoms with Gasteiger partial charge >= 0.3 is 6.18 Å². The first-order valence-electron chi connectivity index (χ1n) is 7.55. The number of halogens is 3. The molecule has 0 atom stereocenters. The van der Waals surface area contributed by atoms with Crippen molar-refractivity contribution in [3.05, 3.63) is 35.4 Å². The molecule has 0 unspecified atom stereocenters. The third kappa shape index (κ3) is 4.41.